The lowest BCUT2D eigenvalue weighted by Gasteiger charge is -2.35. The van der Waals surface area contributed by atoms with Gasteiger partial charge in [-0.15, -0.1) is 5.10 Å². The van der Waals surface area contributed by atoms with Crippen molar-refractivity contribution >= 4 is 39.4 Å². The van der Waals surface area contributed by atoms with Crippen molar-refractivity contribution in [3.63, 3.8) is 0 Å². The summed E-state index contributed by atoms with van der Waals surface area (Å²) in [5.74, 6) is 0.347. The first-order valence-corrected chi connectivity index (χ1v) is 8.39. The summed E-state index contributed by atoms with van der Waals surface area (Å²) in [5.41, 5.74) is 0. The molecule has 0 atom stereocenters. The predicted octanol–water partition coefficient (Wildman–Crippen LogP) is 1.45. The van der Waals surface area contributed by atoms with Gasteiger partial charge in [0.15, 0.2) is 0 Å². The Balaban J connectivity index is 1.52. The van der Waals surface area contributed by atoms with Crippen molar-refractivity contribution < 1.29 is 9.90 Å². The quantitative estimate of drug-likeness (QED) is 0.769. The molecule has 24 heavy (non-hydrogen) atoms. The van der Waals surface area contributed by atoms with Crippen molar-refractivity contribution in [3.8, 4) is 0 Å². The molecule has 0 bridgehead atoms. The number of carboxylic acid groups (broad SMARTS) is 1. The first kappa shape index (κ1) is 14.9. The molecule has 1 saturated heterocycles. The van der Waals surface area contributed by atoms with Gasteiger partial charge in [0.1, 0.15) is 5.82 Å². The molecule has 1 N–H and O–H groups in total. The van der Waals surface area contributed by atoms with Crippen LogP contribution in [-0.2, 0) is 7.05 Å². The van der Waals surface area contributed by atoms with Crippen LogP contribution in [-0.4, -0.2) is 56.4 Å². The van der Waals surface area contributed by atoms with E-state index in [4.69, 9.17) is 5.11 Å². The third kappa shape index (κ3) is 2.46. The Labute approximate surface area is 142 Å². The summed E-state index contributed by atoms with van der Waals surface area (Å²) >= 11 is 1.52. The van der Waals surface area contributed by atoms with Crippen LogP contribution in [0.3, 0.4) is 0 Å². The number of nitrogens with zero attached hydrogens (tertiary/aromatic N) is 6. The van der Waals surface area contributed by atoms with E-state index < -0.39 is 5.97 Å². The number of aromatic nitrogens is 4. The number of aryl methyl sites for hydroxylation is 1. The van der Waals surface area contributed by atoms with Gasteiger partial charge in [-0.1, -0.05) is 12.1 Å². The molecule has 1 aliphatic rings. The molecule has 124 valence electrons. The van der Waals surface area contributed by atoms with Gasteiger partial charge in [-0.25, -0.2) is 9.48 Å². The smallest absolute Gasteiger partial charge is 0.375 e. The fraction of sp³-hybridized carbons (Fsp3) is 0.333. The number of aromatic carboxylic acids is 1. The number of fused-ring (bicyclic) bond motifs is 1. The van der Waals surface area contributed by atoms with Crippen molar-refractivity contribution in [1.29, 1.82) is 0 Å². The molecule has 0 unspecified atom stereocenters. The van der Waals surface area contributed by atoms with E-state index in [0.717, 1.165) is 32.0 Å². The van der Waals surface area contributed by atoms with E-state index in [1.54, 1.807) is 7.05 Å². The molecule has 3 aromatic rings. The summed E-state index contributed by atoms with van der Waals surface area (Å²) in [7, 11) is 1.72. The number of benzene rings is 1. The molecule has 0 aliphatic carbocycles. The third-order valence-corrected chi connectivity index (χ3v) is 4.97. The molecule has 0 amide bonds. The highest BCUT2D eigenvalue weighted by Crippen LogP contribution is 2.30. The fourth-order valence-electron chi connectivity index (χ4n) is 2.96. The van der Waals surface area contributed by atoms with Crippen molar-refractivity contribution in [2.75, 3.05) is 36.0 Å². The Hall–Kier alpha value is -2.68. The van der Waals surface area contributed by atoms with E-state index in [1.807, 2.05) is 12.1 Å². The van der Waals surface area contributed by atoms with Gasteiger partial charge >= 0.3 is 5.97 Å². The van der Waals surface area contributed by atoms with E-state index in [2.05, 4.69) is 36.4 Å². The lowest BCUT2D eigenvalue weighted by molar-refractivity contribution is 0.0683. The van der Waals surface area contributed by atoms with Gasteiger partial charge < -0.3 is 14.9 Å². The average molecular weight is 344 g/mol. The van der Waals surface area contributed by atoms with E-state index >= 15 is 0 Å². The normalized spacial score (nSPS) is 15.2. The van der Waals surface area contributed by atoms with Crippen LogP contribution in [0.4, 0.5) is 11.8 Å². The number of anilines is 2. The largest absolute Gasteiger partial charge is 0.475 e. The first-order chi connectivity index (χ1) is 11.6. The Bertz CT molecular complexity index is 896. The zero-order valence-corrected chi connectivity index (χ0v) is 13.9. The summed E-state index contributed by atoms with van der Waals surface area (Å²) in [4.78, 5) is 19.5. The van der Waals surface area contributed by atoms with Crippen LogP contribution in [0.15, 0.2) is 24.3 Å². The summed E-state index contributed by atoms with van der Waals surface area (Å²) in [5, 5.41) is 14.1. The predicted molar refractivity (Wildman–Crippen MR) is 92.0 cm³/mol. The lowest BCUT2D eigenvalue weighted by atomic mass is 10.2. The number of hydrogen-bond acceptors (Lipinski definition) is 7. The fourth-order valence-corrected chi connectivity index (χ4v) is 3.76. The van der Waals surface area contributed by atoms with Crippen molar-refractivity contribution in [2.24, 2.45) is 7.05 Å². The second-order valence-corrected chi connectivity index (χ2v) is 6.45. The summed E-state index contributed by atoms with van der Waals surface area (Å²) in [6.07, 6.45) is 0. The van der Waals surface area contributed by atoms with Gasteiger partial charge in [-0.3, -0.25) is 0 Å². The van der Waals surface area contributed by atoms with E-state index in [-0.39, 0.29) is 5.82 Å². The topological polar surface area (TPSA) is 87.4 Å². The molecule has 1 aromatic carbocycles. The third-order valence-electron chi connectivity index (χ3n) is 4.15. The van der Waals surface area contributed by atoms with Gasteiger partial charge in [-0.2, -0.15) is 9.36 Å². The minimum Gasteiger partial charge on any atom is -0.475 e. The minimum absolute atomic E-state index is 0.166. The number of carbonyl (C=O) groups is 1. The van der Waals surface area contributed by atoms with Gasteiger partial charge in [0, 0.05) is 38.6 Å². The lowest BCUT2D eigenvalue weighted by Crippen LogP contribution is -2.47. The first-order valence-electron chi connectivity index (χ1n) is 7.62. The Morgan fingerprint density at radius 3 is 2.58 bits per heavy atom. The zero-order chi connectivity index (χ0) is 16.7. The number of hydrogen-bond donors (Lipinski definition) is 1. The van der Waals surface area contributed by atoms with Crippen molar-refractivity contribution in [2.45, 2.75) is 0 Å². The second kappa shape index (κ2) is 5.75. The summed E-state index contributed by atoms with van der Waals surface area (Å²) in [6, 6.07) is 8.24. The Kier molecular flexibility index (Phi) is 3.57. The van der Waals surface area contributed by atoms with E-state index in [0.29, 0.717) is 5.95 Å². The molecule has 3 heterocycles. The Morgan fingerprint density at radius 2 is 1.88 bits per heavy atom. The standard InChI is InChI=1S/C15H16N6O2S/c1-19-15(16-12(17-19)14(22)23)21-8-6-20(7-9-21)13-10-4-2-3-5-11(10)24-18-13/h2-5H,6-9H2,1H3,(H,22,23). The monoisotopic (exact) mass is 344 g/mol. The molecule has 1 fully saturated rings. The highest BCUT2D eigenvalue weighted by molar-refractivity contribution is 7.13. The van der Waals surface area contributed by atoms with Gasteiger partial charge in [0.2, 0.25) is 5.95 Å². The van der Waals surface area contributed by atoms with E-state index in [9.17, 15) is 4.79 Å². The average Bonchev–Trinajstić information content (AvgIpc) is 3.19. The highest BCUT2D eigenvalue weighted by Gasteiger charge is 2.24. The molecular formula is C15H16N6O2S. The van der Waals surface area contributed by atoms with Gasteiger partial charge in [0.05, 0.1) is 4.70 Å². The maximum atomic E-state index is 11.0. The zero-order valence-electron chi connectivity index (χ0n) is 13.1. The Morgan fingerprint density at radius 1 is 1.17 bits per heavy atom. The number of carboxylic acids is 1. The van der Waals surface area contributed by atoms with Crippen LogP contribution in [0.1, 0.15) is 10.6 Å². The van der Waals surface area contributed by atoms with Crippen molar-refractivity contribution in [3.05, 3.63) is 30.1 Å². The van der Waals surface area contributed by atoms with Crippen LogP contribution < -0.4 is 9.80 Å². The number of rotatable bonds is 3. The molecular weight excluding hydrogens is 328 g/mol. The number of piperazine rings is 1. The maximum absolute atomic E-state index is 11.0. The van der Waals surface area contributed by atoms with Crippen LogP contribution >= 0.6 is 11.5 Å². The maximum Gasteiger partial charge on any atom is 0.375 e. The van der Waals surface area contributed by atoms with Crippen LogP contribution in [0.5, 0.6) is 0 Å². The molecule has 0 radical (unpaired) electrons. The molecule has 2 aromatic heterocycles. The summed E-state index contributed by atoms with van der Waals surface area (Å²) < 4.78 is 7.31. The van der Waals surface area contributed by atoms with Gasteiger partial charge in [0.25, 0.3) is 5.82 Å². The molecule has 1 aliphatic heterocycles. The van der Waals surface area contributed by atoms with Crippen molar-refractivity contribution in [1.82, 2.24) is 19.1 Å². The molecule has 9 heteroatoms. The molecule has 0 saturated carbocycles. The van der Waals surface area contributed by atoms with Crippen LogP contribution in [0, 0.1) is 0 Å². The molecule has 0 spiro atoms. The van der Waals surface area contributed by atoms with Crippen LogP contribution in [0.25, 0.3) is 10.1 Å². The highest BCUT2D eigenvalue weighted by atomic mass is 32.1. The summed E-state index contributed by atoms with van der Waals surface area (Å²) in [6.45, 7) is 3.11. The SMILES string of the molecule is Cn1nc(C(=O)O)nc1N1CCN(c2nsc3ccccc23)CC1. The minimum atomic E-state index is -1.11. The molecule has 4 rings (SSSR count). The molecule has 8 nitrogen and oxygen atoms in total. The van der Waals surface area contributed by atoms with Gasteiger partial charge in [-0.05, 0) is 23.7 Å². The van der Waals surface area contributed by atoms with Crippen LogP contribution in [0.2, 0.25) is 0 Å². The second-order valence-electron chi connectivity index (χ2n) is 5.64. The van der Waals surface area contributed by atoms with E-state index in [1.165, 1.54) is 26.3 Å².